The summed E-state index contributed by atoms with van der Waals surface area (Å²) in [5.74, 6) is 0. The van der Waals surface area contributed by atoms with E-state index in [-0.39, 0.29) is 0 Å². The fourth-order valence-corrected chi connectivity index (χ4v) is 2.73. The third-order valence-corrected chi connectivity index (χ3v) is 3.96. The van der Waals surface area contributed by atoms with Gasteiger partial charge in [0.05, 0.1) is 16.8 Å². The molecule has 5 nitrogen and oxygen atoms in total. The largest absolute Gasteiger partial charge is 0.303 e. The maximum absolute atomic E-state index is 4.46. The van der Waals surface area contributed by atoms with Gasteiger partial charge in [-0.05, 0) is 29.8 Å². The Bertz CT molecular complexity index is 780. The van der Waals surface area contributed by atoms with E-state index in [1.54, 1.807) is 28.7 Å². The van der Waals surface area contributed by atoms with Gasteiger partial charge in [-0.25, -0.2) is 4.98 Å². The molecule has 3 aromatic rings. The standard InChI is InChI=1S/C16H15N5S/c1-21(2)20-9-12-5-7-18-14(8-12)15-11-19-16(22-15)13-4-3-6-17-10-13/h3-11H,1-2H3/b20-9+. The van der Waals surface area contributed by atoms with Crippen molar-refractivity contribution in [2.75, 3.05) is 14.1 Å². The Balaban J connectivity index is 1.89. The number of rotatable bonds is 4. The summed E-state index contributed by atoms with van der Waals surface area (Å²) in [6.45, 7) is 0. The lowest BCUT2D eigenvalue weighted by Gasteiger charge is -2.02. The fraction of sp³-hybridized carbons (Fsp3) is 0.125. The van der Waals surface area contributed by atoms with Crippen molar-refractivity contribution in [3.05, 3.63) is 54.6 Å². The Kier molecular flexibility index (Phi) is 4.20. The average molecular weight is 309 g/mol. The summed E-state index contributed by atoms with van der Waals surface area (Å²) in [6.07, 6.45) is 9.02. The Morgan fingerprint density at radius 2 is 2.05 bits per heavy atom. The summed E-state index contributed by atoms with van der Waals surface area (Å²) in [5, 5.41) is 6.94. The number of thiazole rings is 1. The molecule has 0 radical (unpaired) electrons. The van der Waals surface area contributed by atoms with Crippen molar-refractivity contribution in [2.24, 2.45) is 5.10 Å². The first-order chi connectivity index (χ1) is 10.7. The highest BCUT2D eigenvalue weighted by molar-refractivity contribution is 7.18. The second kappa shape index (κ2) is 6.44. The van der Waals surface area contributed by atoms with Crippen LogP contribution in [0, 0.1) is 0 Å². The minimum absolute atomic E-state index is 0.898. The quantitative estimate of drug-likeness (QED) is 0.549. The van der Waals surface area contributed by atoms with E-state index in [1.807, 2.05) is 57.0 Å². The molecule has 0 amide bonds. The topological polar surface area (TPSA) is 54.3 Å². The van der Waals surface area contributed by atoms with E-state index >= 15 is 0 Å². The van der Waals surface area contributed by atoms with Crippen molar-refractivity contribution < 1.29 is 0 Å². The molecule has 0 saturated heterocycles. The summed E-state index contributed by atoms with van der Waals surface area (Å²) < 4.78 is 0. The molecule has 0 atom stereocenters. The van der Waals surface area contributed by atoms with Crippen molar-refractivity contribution in [2.45, 2.75) is 0 Å². The monoisotopic (exact) mass is 309 g/mol. The normalized spacial score (nSPS) is 11.0. The fourth-order valence-electron chi connectivity index (χ4n) is 1.86. The molecule has 0 fully saturated rings. The van der Waals surface area contributed by atoms with Gasteiger partial charge in [0.15, 0.2) is 0 Å². The number of nitrogens with zero attached hydrogens (tertiary/aromatic N) is 5. The van der Waals surface area contributed by atoms with Gasteiger partial charge in [0.2, 0.25) is 0 Å². The van der Waals surface area contributed by atoms with Gasteiger partial charge in [-0.1, -0.05) is 0 Å². The van der Waals surface area contributed by atoms with E-state index < -0.39 is 0 Å². The van der Waals surface area contributed by atoms with Crippen LogP contribution in [0.15, 0.2) is 54.2 Å². The van der Waals surface area contributed by atoms with Gasteiger partial charge in [-0.3, -0.25) is 9.97 Å². The molecule has 0 aliphatic carbocycles. The minimum atomic E-state index is 0.898. The van der Waals surface area contributed by atoms with Crippen LogP contribution in [0.5, 0.6) is 0 Å². The Hall–Kier alpha value is -2.60. The van der Waals surface area contributed by atoms with Crippen molar-refractivity contribution in [1.29, 1.82) is 0 Å². The zero-order chi connectivity index (χ0) is 15.4. The first-order valence-corrected chi connectivity index (χ1v) is 7.58. The molecule has 0 aliphatic heterocycles. The lowest BCUT2D eigenvalue weighted by atomic mass is 10.2. The van der Waals surface area contributed by atoms with Crippen LogP contribution in [-0.2, 0) is 0 Å². The smallest absolute Gasteiger partial charge is 0.125 e. The third-order valence-electron chi connectivity index (χ3n) is 2.89. The third kappa shape index (κ3) is 3.35. The molecule has 0 aromatic carbocycles. The lowest BCUT2D eigenvalue weighted by Crippen LogP contribution is -2.01. The van der Waals surface area contributed by atoms with Gasteiger partial charge in [-0.2, -0.15) is 5.10 Å². The number of aromatic nitrogens is 3. The predicted molar refractivity (Wildman–Crippen MR) is 89.9 cm³/mol. The van der Waals surface area contributed by atoms with Gasteiger partial charge >= 0.3 is 0 Å². The van der Waals surface area contributed by atoms with Crippen molar-refractivity contribution in [3.8, 4) is 21.1 Å². The van der Waals surface area contributed by atoms with Crippen LogP contribution in [0.25, 0.3) is 21.1 Å². The van der Waals surface area contributed by atoms with E-state index in [9.17, 15) is 0 Å². The van der Waals surface area contributed by atoms with E-state index in [1.165, 1.54) is 0 Å². The number of pyridine rings is 2. The van der Waals surface area contributed by atoms with E-state index in [2.05, 4.69) is 20.1 Å². The van der Waals surface area contributed by atoms with E-state index in [0.29, 0.717) is 0 Å². The molecule has 3 rings (SSSR count). The second-order valence-corrected chi connectivity index (χ2v) is 5.87. The molecule has 0 spiro atoms. The first-order valence-electron chi connectivity index (χ1n) is 6.76. The molecular weight excluding hydrogens is 294 g/mol. The van der Waals surface area contributed by atoms with Gasteiger partial charge < -0.3 is 5.01 Å². The van der Waals surface area contributed by atoms with Crippen molar-refractivity contribution in [3.63, 3.8) is 0 Å². The number of hydrogen-bond donors (Lipinski definition) is 0. The van der Waals surface area contributed by atoms with Crippen molar-refractivity contribution >= 4 is 17.6 Å². The molecule has 3 aromatic heterocycles. The zero-order valence-corrected chi connectivity index (χ0v) is 13.2. The molecular formula is C16H15N5S. The second-order valence-electron chi connectivity index (χ2n) is 4.84. The van der Waals surface area contributed by atoms with Crippen LogP contribution in [0.4, 0.5) is 0 Å². The van der Waals surface area contributed by atoms with Crippen LogP contribution in [0.3, 0.4) is 0 Å². The highest BCUT2D eigenvalue weighted by atomic mass is 32.1. The van der Waals surface area contributed by atoms with Gasteiger partial charge in [-0.15, -0.1) is 11.3 Å². The SMILES string of the molecule is CN(C)/N=C/c1ccnc(-c2cnc(-c3cccnc3)s2)c1. The molecule has 0 unspecified atom stereocenters. The summed E-state index contributed by atoms with van der Waals surface area (Å²) in [7, 11) is 3.78. The van der Waals surface area contributed by atoms with Crippen LogP contribution in [-0.4, -0.2) is 40.3 Å². The highest BCUT2D eigenvalue weighted by Crippen LogP contribution is 2.30. The summed E-state index contributed by atoms with van der Waals surface area (Å²) in [5.41, 5.74) is 2.93. The van der Waals surface area contributed by atoms with Crippen LogP contribution in [0.2, 0.25) is 0 Å². The van der Waals surface area contributed by atoms with Crippen LogP contribution in [0.1, 0.15) is 5.56 Å². The van der Waals surface area contributed by atoms with Crippen molar-refractivity contribution in [1.82, 2.24) is 20.0 Å². The maximum atomic E-state index is 4.46. The highest BCUT2D eigenvalue weighted by Gasteiger charge is 2.08. The maximum Gasteiger partial charge on any atom is 0.125 e. The molecule has 3 heterocycles. The summed E-state index contributed by atoms with van der Waals surface area (Å²) >= 11 is 1.60. The van der Waals surface area contributed by atoms with Gasteiger partial charge in [0.25, 0.3) is 0 Å². The number of hydrogen-bond acceptors (Lipinski definition) is 6. The molecule has 22 heavy (non-hydrogen) atoms. The number of hydrazone groups is 1. The molecule has 0 saturated carbocycles. The van der Waals surface area contributed by atoms with E-state index in [4.69, 9.17) is 0 Å². The van der Waals surface area contributed by atoms with Crippen LogP contribution < -0.4 is 0 Å². The molecule has 0 N–H and O–H groups in total. The van der Waals surface area contributed by atoms with Gasteiger partial charge in [0, 0.05) is 44.4 Å². The summed E-state index contributed by atoms with van der Waals surface area (Å²) in [6, 6.07) is 7.85. The van der Waals surface area contributed by atoms with Crippen LogP contribution >= 0.6 is 11.3 Å². The summed E-state index contributed by atoms with van der Waals surface area (Å²) in [4.78, 5) is 14.0. The lowest BCUT2D eigenvalue weighted by molar-refractivity contribution is 0.440. The molecule has 6 heteroatoms. The Morgan fingerprint density at radius 3 is 2.82 bits per heavy atom. The average Bonchev–Trinajstić information content (AvgIpc) is 3.04. The zero-order valence-electron chi connectivity index (χ0n) is 12.3. The minimum Gasteiger partial charge on any atom is -0.303 e. The first kappa shape index (κ1) is 14.3. The molecule has 0 aliphatic rings. The van der Waals surface area contributed by atoms with E-state index in [0.717, 1.165) is 26.7 Å². The molecule has 110 valence electrons. The van der Waals surface area contributed by atoms with Gasteiger partial charge in [0.1, 0.15) is 5.01 Å². The molecule has 0 bridgehead atoms. The Labute approximate surface area is 133 Å². The Morgan fingerprint density at radius 1 is 1.14 bits per heavy atom. The predicted octanol–water partition coefficient (Wildman–Crippen LogP) is 3.16.